The van der Waals surface area contributed by atoms with Crippen molar-refractivity contribution in [3.05, 3.63) is 57.4 Å². The molecular formula is C21H19N2O7P. The van der Waals surface area contributed by atoms with Crippen LogP contribution >= 0.6 is 8.25 Å². The van der Waals surface area contributed by atoms with Gasteiger partial charge in [0.2, 0.25) is 0 Å². The van der Waals surface area contributed by atoms with Crippen molar-refractivity contribution in [2.24, 2.45) is 0 Å². The molecule has 0 aliphatic carbocycles. The number of pyridine rings is 2. The number of para-hydroxylation sites is 1. The lowest BCUT2D eigenvalue weighted by Crippen LogP contribution is -2.45. The second-order valence-corrected chi connectivity index (χ2v) is 8.16. The molecule has 4 heterocycles. The fourth-order valence-electron chi connectivity index (χ4n) is 4.53. The maximum absolute atomic E-state index is 13.4. The summed E-state index contributed by atoms with van der Waals surface area (Å²) in [5.74, 6) is -0.158. The Morgan fingerprint density at radius 1 is 1.29 bits per heavy atom. The van der Waals surface area contributed by atoms with E-state index in [2.05, 4.69) is 0 Å². The van der Waals surface area contributed by atoms with Gasteiger partial charge in [-0.3, -0.25) is 13.9 Å². The normalized spacial score (nSPS) is 20.0. The van der Waals surface area contributed by atoms with Crippen LogP contribution in [0.15, 0.2) is 35.1 Å². The molecule has 5 rings (SSSR count). The molecule has 0 radical (unpaired) electrons. The molecule has 160 valence electrons. The number of rotatable bonds is 4. The minimum Gasteiger partial charge on any atom is -0.496 e. The van der Waals surface area contributed by atoms with Gasteiger partial charge < -0.3 is 18.9 Å². The first-order valence-corrected chi connectivity index (χ1v) is 11.0. The summed E-state index contributed by atoms with van der Waals surface area (Å²) >= 11 is 0. The van der Waals surface area contributed by atoms with Crippen molar-refractivity contribution >= 4 is 25.1 Å². The Kier molecular flexibility index (Phi) is 4.51. The third-order valence-corrected chi connectivity index (χ3v) is 6.50. The topological polar surface area (TPSA) is 117 Å². The zero-order valence-electron chi connectivity index (χ0n) is 16.8. The highest BCUT2D eigenvalue weighted by molar-refractivity contribution is 7.32. The molecule has 0 fully saturated rings. The number of hydrogen-bond acceptors (Lipinski definition) is 7. The van der Waals surface area contributed by atoms with E-state index >= 15 is 0 Å². The summed E-state index contributed by atoms with van der Waals surface area (Å²) in [4.78, 5) is 40.2. The van der Waals surface area contributed by atoms with Crippen molar-refractivity contribution in [1.29, 1.82) is 0 Å². The predicted molar refractivity (Wildman–Crippen MR) is 111 cm³/mol. The maximum Gasteiger partial charge on any atom is 0.344 e. The first-order valence-electron chi connectivity index (χ1n) is 9.73. The van der Waals surface area contributed by atoms with Gasteiger partial charge in [-0.25, -0.2) is 9.78 Å². The Bertz CT molecular complexity index is 1350. The quantitative estimate of drug-likeness (QED) is 0.379. The van der Waals surface area contributed by atoms with Crippen LogP contribution < -0.4 is 10.3 Å². The van der Waals surface area contributed by atoms with E-state index in [1.54, 1.807) is 24.7 Å². The Hall–Kier alpha value is -3.00. The Morgan fingerprint density at radius 2 is 2.06 bits per heavy atom. The van der Waals surface area contributed by atoms with Gasteiger partial charge in [0.15, 0.2) is 5.60 Å². The summed E-state index contributed by atoms with van der Waals surface area (Å²) in [5.41, 5.74) is 0.815. The highest BCUT2D eigenvalue weighted by Crippen LogP contribution is 2.46. The zero-order chi connectivity index (χ0) is 21.9. The first-order chi connectivity index (χ1) is 14.9. The van der Waals surface area contributed by atoms with Crippen LogP contribution in [0, 0.1) is 0 Å². The molecule has 0 saturated heterocycles. The van der Waals surface area contributed by atoms with Crippen LogP contribution in [0.5, 0.6) is 5.75 Å². The van der Waals surface area contributed by atoms with E-state index < -0.39 is 19.8 Å². The molecule has 31 heavy (non-hydrogen) atoms. The molecule has 2 atom stereocenters. The molecule has 2 aliphatic rings. The van der Waals surface area contributed by atoms with Crippen LogP contribution in [-0.2, 0) is 37.4 Å². The fourth-order valence-corrected chi connectivity index (χ4v) is 5.17. The number of carbonyl (C=O) groups is 1. The monoisotopic (exact) mass is 442 g/mol. The van der Waals surface area contributed by atoms with E-state index in [1.165, 1.54) is 0 Å². The maximum atomic E-state index is 13.4. The highest BCUT2D eigenvalue weighted by Gasteiger charge is 2.49. The van der Waals surface area contributed by atoms with E-state index in [-0.39, 0.29) is 36.3 Å². The number of aromatic nitrogens is 2. The lowest BCUT2D eigenvalue weighted by molar-refractivity contribution is -0.169. The molecule has 3 aromatic rings. The van der Waals surface area contributed by atoms with E-state index in [0.29, 0.717) is 22.7 Å². The Labute approximate surface area is 177 Å². The third-order valence-electron chi connectivity index (χ3n) is 5.98. The minimum absolute atomic E-state index is 0.0278. The molecule has 0 saturated carbocycles. The summed E-state index contributed by atoms with van der Waals surface area (Å²) in [5, 5.41) is 0.831. The number of ether oxygens (including phenoxy) is 2. The van der Waals surface area contributed by atoms with Crippen molar-refractivity contribution < 1.29 is 28.3 Å². The van der Waals surface area contributed by atoms with E-state index in [4.69, 9.17) is 19.0 Å². The number of benzene rings is 1. The van der Waals surface area contributed by atoms with Crippen molar-refractivity contribution in [2.45, 2.75) is 32.1 Å². The van der Waals surface area contributed by atoms with Crippen LogP contribution in [0.3, 0.4) is 0 Å². The van der Waals surface area contributed by atoms with Crippen molar-refractivity contribution in [2.75, 3.05) is 7.11 Å². The van der Waals surface area contributed by atoms with Gasteiger partial charge in [-0.2, -0.15) is 0 Å². The number of cyclic esters (lactones) is 1. The van der Waals surface area contributed by atoms with Gasteiger partial charge >= 0.3 is 14.2 Å². The summed E-state index contributed by atoms with van der Waals surface area (Å²) < 4.78 is 29.2. The smallest absolute Gasteiger partial charge is 0.344 e. The summed E-state index contributed by atoms with van der Waals surface area (Å²) in [6, 6.07) is 9.16. The third kappa shape index (κ3) is 2.70. The van der Waals surface area contributed by atoms with Crippen molar-refractivity contribution in [3.8, 4) is 17.1 Å². The lowest BCUT2D eigenvalue weighted by Gasteiger charge is -2.34. The summed E-state index contributed by atoms with van der Waals surface area (Å²) in [6.07, 6.45) is 0.0278. The molecule has 0 bridgehead atoms. The number of carbonyl (C=O) groups excluding carboxylic acids is 1. The average Bonchev–Trinajstić information content (AvgIpc) is 3.12. The van der Waals surface area contributed by atoms with Gasteiger partial charge in [-0.05, 0) is 24.6 Å². The van der Waals surface area contributed by atoms with Gasteiger partial charge in [0.25, 0.3) is 5.56 Å². The Morgan fingerprint density at radius 3 is 2.77 bits per heavy atom. The number of nitrogens with zero attached hydrogens (tertiary/aromatic N) is 2. The summed E-state index contributed by atoms with van der Waals surface area (Å²) in [6.45, 7) is 1.66. The molecule has 2 aromatic heterocycles. The SMILES string of the molecule is CC[C@@]1(O[PH](=O)O)C(=O)OCc2c1cc1n(c2=O)Cc2c-1nc1ccccc1c2OC. The van der Waals surface area contributed by atoms with Crippen molar-refractivity contribution in [1.82, 2.24) is 9.55 Å². The van der Waals surface area contributed by atoms with Crippen LogP contribution in [0.4, 0.5) is 0 Å². The van der Waals surface area contributed by atoms with Gasteiger partial charge in [0.1, 0.15) is 12.4 Å². The zero-order valence-corrected chi connectivity index (χ0v) is 17.8. The van der Waals surface area contributed by atoms with Gasteiger partial charge in [-0.15, -0.1) is 0 Å². The minimum atomic E-state index is -3.50. The van der Waals surface area contributed by atoms with Crippen LogP contribution in [0.2, 0.25) is 0 Å². The molecule has 9 nitrogen and oxygen atoms in total. The number of esters is 1. The van der Waals surface area contributed by atoms with E-state index in [1.807, 2.05) is 24.3 Å². The highest BCUT2D eigenvalue weighted by atomic mass is 31.1. The lowest BCUT2D eigenvalue weighted by atomic mass is 9.86. The molecule has 2 aliphatic heterocycles. The van der Waals surface area contributed by atoms with E-state index in [9.17, 15) is 19.0 Å². The van der Waals surface area contributed by atoms with Crippen molar-refractivity contribution in [3.63, 3.8) is 0 Å². The second-order valence-electron chi connectivity index (χ2n) is 7.43. The number of methoxy groups -OCH3 is 1. The molecule has 1 aromatic carbocycles. The molecule has 1 N–H and O–H groups in total. The van der Waals surface area contributed by atoms with E-state index in [0.717, 1.165) is 10.9 Å². The molecule has 1 unspecified atom stereocenters. The summed E-state index contributed by atoms with van der Waals surface area (Å²) in [7, 11) is -1.93. The Balaban J connectivity index is 1.82. The van der Waals surface area contributed by atoms with Crippen LogP contribution in [-0.4, -0.2) is 27.5 Å². The molecule has 0 spiro atoms. The number of fused-ring (bicyclic) bond motifs is 5. The largest absolute Gasteiger partial charge is 0.496 e. The van der Waals surface area contributed by atoms with Crippen LogP contribution in [0.1, 0.15) is 30.0 Å². The second kappa shape index (κ2) is 7.02. The van der Waals surface area contributed by atoms with Crippen LogP contribution in [0.25, 0.3) is 22.3 Å². The number of hydrogen-bond donors (Lipinski definition) is 1. The van der Waals surface area contributed by atoms with Gasteiger partial charge in [0.05, 0.1) is 36.1 Å². The predicted octanol–water partition coefficient (Wildman–Crippen LogP) is 2.49. The van der Waals surface area contributed by atoms with Gasteiger partial charge in [-0.1, -0.05) is 19.1 Å². The molecule has 0 amide bonds. The molecular weight excluding hydrogens is 423 g/mol. The van der Waals surface area contributed by atoms with Gasteiger partial charge in [0, 0.05) is 16.5 Å². The fraction of sp³-hybridized carbons (Fsp3) is 0.286. The molecule has 10 heteroatoms. The first kappa shape index (κ1) is 19.9. The average molecular weight is 442 g/mol. The standard InChI is InChI=1S/C21H19N2O7P/c1-3-21(30-31(26)27)14-8-16-17-12(9-23(16)19(24)13(14)10-29-20(21)25)18(28-2)11-6-4-5-7-15(11)22-17/h4-8,31H,3,9-10H2,1-2H3,(H,26,27)/t21-/m0/s1.